The summed E-state index contributed by atoms with van der Waals surface area (Å²) >= 11 is 0. The van der Waals surface area contributed by atoms with Crippen molar-refractivity contribution in [3.63, 3.8) is 0 Å². The lowest BCUT2D eigenvalue weighted by atomic mass is 10.0. The summed E-state index contributed by atoms with van der Waals surface area (Å²) in [5, 5.41) is 23.8. The number of amides is 2. The summed E-state index contributed by atoms with van der Waals surface area (Å²) < 4.78 is 29.7. The predicted molar refractivity (Wildman–Crippen MR) is 168 cm³/mol. The molecule has 262 valence electrons. The zero-order valence-corrected chi connectivity index (χ0v) is 26.7. The van der Waals surface area contributed by atoms with Gasteiger partial charge in [0.25, 0.3) is 11.5 Å². The number of para-hydroxylation sites is 1. The van der Waals surface area contributed by atoms with Gasteiger partial charge in [-0.25, -0.2) is 4.79 Å². The van der Waals surface area contributed by atoms with Crippen LogP contribution < -0.4 is 22.3 Å². The van der Waals surface area contributed by atoms with Crippen molar-refractivity contribution in [2.75, 3.05) is 12.4 Å². The van der Waals surface area contributed by atoms with Crippen LogP contribution >= 0.6 is 0 Å². The van der Waals surface area contributed by atoms with E-state index in [9.17, 15) is 34.2 Å². The number of H-pyrrole nitrogens is 1. The molecule has 0 radical (unpaired) electrons. The van der Waals surface area contributed by atoms with E-state index >= 15 is 0 Å². The molecular weight excluding hydrogens is 632 g/mol. The molecule has 48 heavy (non-hydrogen) atoms. The fourth-order valence-corrected chi connectivity index (χ4v) is 5.47. The Morgan fingerprint density at radius 1 is 1.04 bits per heavy atom. The van der Waals surface area contributed by atoms with E-state index in [-0.39, 0.29) is 6.42 Å². The molecule has 2 aliphatic heterocycles. The van der Waals surface area contributed by atoms with Gasteiger partial charge in [0.05, 0.1) is 0 Å². The van der Waals surface area contributed by atoms with Crippen LogP contribution in [0, 0.1) is 0 Å². The summed E-state index contributed by atoms with van der Waals surface area (Å²) in [5.74, 6) is -2.95. The minimum absolute atomic E-state index is 0.0624. The molecule has 8 atom stereocenters. The maximum atomic E-state index is 13.0. The number of carbonyl (C=O) groups is 3. The Morgan fingerprint density at radius 2 is 1.75 bits per heavy atom. The van der Waals surface area contributed by atoms with Crippen molar-refractivity contribution >= 4 is 23.5 Å². The summed E-state index contributed by atoms with van der Waals surface area (Å²) in [7, 11) is 1.25. The minimum Gasteiger partial charge on any atom is -0.456 e. The van der Waals surface area contributed by atoms with Crippen molar-refractivity contribution in [3.05, 3.63) is 75.3 Å². The molecule has 1 aromatic heterocycles. The Bertz CT molecular complexity index is 1540. The molecule has 0 bridgehead atoms. The molecule has 0 saturated carbocycles. The van der Waals surface area contributed by atoms with Crippen molar-refractivity contribution in [2.45, 2.75) is 101 Å². The molecule has 16 nitrogen and oxygen atoms in total. The lowest BCUT2D eigenvalue weighted by Crippen LogP contribution is -2.54. The summed E-state index contributed by atoms with van der Waals surface area (Å²) in [6.07, 6.45) is -4.86. The van der Waals surface area contributed by atoms with Gasteiger partial charge in [-0.1, -0.05) is 57.2 Å². The molecule has 4 rings (SSSR count). The Morgan fingerprint density at radius 3 is 2.42 bits per heavy atom. The number of unbranched alkanes of at least 4 members (excludes halogenated alkanes) is 5. The number of carbonyl (C=O) groups excluding carboxylic acids is 3. The van der Waals surface area contributed by atoms with Crippen molar-refractivity contribution in [2.24, 2.45) is 5.73 Å². The number of aliphatic hydroxyl groups excluding tert-OH is 2. The van der Waals surface area contributed by atoms with Crippen LogP contribution in [-0.2, 0) is 38.1 Å². The van der Waals surface area contributed by atoms with Crippen molar-refractivity contribution in [1.29, 1.82) is 0 Å². The van der Waals surface area contributed by atoms with Gasteiger partial charge in [-0.3, -0.25) is 28.7 Å². The number of nitrogens with one attached hydrogen (secondary N) is 2. The molecule has 1 aromatic carbocycles. The summed E-state index contributed by atoms with van der Waals surface area (Å²) in [4.78, 5) is 65.4. The zero-order valence-electron chi connectivity index (χ0n) is 26.7. The average Bonchev–Trinajstić information content (AvgIpc) is 3.40. The van der Waals surface area contributed by atoms with E-state index in [1.54, 1.807) is 30.3 Å². The number of nitrogens with two attached hydrogens (primary N) is 1. The highest BCUT2D eigenvalue weighted by atomic mass is 16.7. The predicted octanol–water partition coefficient (Wildman–Crippen LogP) is 0.583. The number of anilines is 1. The van der Waals surface area contributed by atoms with E-state index in [2.05, 4.69) is 17.2 Å². The van der Waals surface area contributed by atoms with Gasteiger partial charge in [0.1, 0.15) is 24.4 Å². The molecular formula is C32H42N4O12. The normalized spacial score (nSPS) is 25.8. The highest BCUT2D eigenvalue weighted by molar-refractivity contribution is 6.02. The number of aliphatic hydroxyl groups is 2. The molecule has 1 saturated heterocycles. The van der Waals surface area contributed by atoms with Gasteiger partial charge in [0.15, 0.2) is 24.2 Å². The molecule has 2 amide bonds. The number of rotatable bonds is 16. The van der Waals surface area contributed by atoms with Crippen LogP contribution in [0.1, 0.15) is 58.1 Å². The lowest BCUT2D eigenvalue weighted by Gasteiger charge is -2.35. The first kappa shape index (κ1) is 36.5. The standard InChI is InChI=1S/C32H42N4O12/c1-3-4-5-6-7-11-14-22(39)46-27-24(44-2)25(47-30(27)36-16-15-21(38)35-32(36)43)26(28(33)41)48-31-23(40)19(37)17-20(45-31)29(42)34-18-12-9-8-10-13-18/h8-10,12-13,15-17,19,23-27,30-31,37,40H,3-7,11,14H2,1-2H3,(H2,33,41)(H,34,42)(H,35,38,43)/t19-,23-,24+,25-,26?,27+,30+,31+/m0/s1. The second kappa shape index (κ2) is 17.2. The molecule has 0 spiro atoms. The van der Waals surface area contributed by atoms with Crippen LogP contribution in [-0.4, -0.2) is 87.6 Å². The Hall–Kier alpha value is -4.35. The molecule has 2 aliphatic rings. The Balaban J connectivity index is 1.56. The van der Waals surface area contributed by atoms with Gasteiger partial charge < -0.3 is 44.9 Å². The van der Waals surface area contributed by atoms with E-state index < -0.39 is 83.9 Å². The number of nitrogens with zero attached hydrogens (tertiary/aromatic N) is 1. The first-order chi connectivity index (χ1) is 23.0. The summed E-state index contributed by atoms with van der Waals surface area (Å²) in [6, 6.07) is 9.42. The Kier molecular flexibility index (Phi) is 13.0. The smallest absolute Gasteiger partial charge is 0.330 e. The number of aromatic nitrogens is 2. The van der Waals surface area contributed by atoms with Gasteiger partial charge in [0.2, 0.25) is 12.2 Å². The first-order valence-corrected chi connectivity index (χ1v) is 15.8. The van der Waals surface area contributed by atoms with Crippen LogP contribution in [0.5, 0.6) is 0 Å². The number of aromatic amines is 1. The summed E-state index contributed by atoms with van der Waals surface area (Å²) in [5.41, 5.74) is 4.54. The van der Waals surface area contributed by atoms with E-state index in [0.717, 1.165) is 55.0 Å². The highest BCUT2D eigenvalue weighted by Crippen LogP contribution is 2.36. The van der Waals surface area contributed by atoms with Gasteiger partial charge in [-0.05, 0) is 24.6 Å². The molecule has 6 N–H and O–H groups in total. The summed E-state index contributed by atoms with van der Waals surface area (Å²) in [6.45, 7) is 2.10. The van der Waals surface area contributed by atoms with Gasteiger partial charge in [0, 0.05) is 31.5 Å². The second-order valence-corrected chi connectivity index (χ2v) is 11.5. The van der Waals surface area contributed by atoms with Crippen molar-refractivity contribution < 1.29 is 48.3 Å². The van der Waals surface area contributed by atoms with E-state index in [0.29, 0.717) is 12.1 Å². The second-order valence-electron chi connectivity index (χ2n) is 11.5. The lowest BCUT2D eigenvalue weighted by molar-refractivity contribution is -0.241. The zero-order chi connectivity index (χ0) is 34.8. The maximum Gasteiger partial charge on any atom is 0.330 e. The SMILES string of the molecule is CCCCCCCCC(=O)O[C@@H]1[C@H](OC)[C@@H](C(O[C@H]2OC(C(=O)Nc3ccccc3)=C[C@H](O)[C@@H]2O)C(N)=O)O[C@H]1n1ccc(=O)[nH]c1=O. The number of primary amides is 1. The fourth-order valence-electron chi connectivity index (χ4n) is 5.47. The number of ether oxygens (including phenoxy) is 5. The van der Waals surface area contributed by atoms with Crippen LogP contribution in [0.15, 0.2) is 64.0 Å². The molecule has 16 heteroatoms. The van der Waals surface area contributed by atoms with Crippen LogP contribution in [0.2, 0.25) is 0 Å². The fraction of sp³-hybridized carbons (Fsp3) is 0.531. The quantitative estimate of drug-likeness (QED) is 0.122. The largest absolute Gasteiger partial charge is 0.456 e. The molecule has 3 heterocycles. The van der Waals surface area contributed by atoms with E-state index in [4.69, 9.17) is 29.4 Å². The molecule has 1 fully saturated rings. The number of methoxy groups -OCH3 is 1. The third kappa shape index (κ3) is 9.17. The highest BCUT2D eigenvalue weighted by Gasteiger charge is 2.54. The number of benzene rings is 1. The van der Waals surface area contributed by atoms with Crippen LogP contribution in [0.3, 0.4) is 0 Å². The topological polar surface area (TPSA) is 231 Å². The third-order valence-corrected chi connectivity index (χ3v) is 7.93. The Labute approximate surface area is 275 Å². The number of hydrogen-bond acceptors (Lipinski definition) is 12. The average molecular weight is 675 g/mol. The molecule has 1 unspecified atom stereocenters. The van der Waals surface area contributed by atoms with E-state index in [1.165, 1.54) is 7.11 Å². The van der Waals surface area contributed by atoms with Gasteiger partial charge in [-0.2, -0.15) is 0 Å². The van der Waals surface area contributed by atoms with Crippen molar-refractivity contribution in [3.8, 4) is 0 Å². The minimum atomic E-state index is -1.82. The first-order valence-electron chi connectivity index (χ1n) is 15.8. The van der Waals surface area contributed by atoms with E-state index in [1.807, 2.05) is 0 Å². The number of hydrogen-bond donors (Lipinski definition) is 5. The monoisotopic (exact) mass is 674 g/mol. The third-order valence-electron chi connectivity index (χ3n) is 7.93. The van der Waals surface area contributed by atoms with Gasteiger partial charge >= 0.3 is 11.7 Å². The number of esters is 1. The van der Waals surface area contributed by atoms with Crippen molar-refractivity contribution in [1.82, 2.24) is 9.55 Å². The maximum absolute atomic E-state index is 13.0. The van der Waals surface area contributed by atoms with Crippen LogP contribution in [0.4, 0.5) is 5.69 Å². The van der Waals surface area contributed by atoms with Gasteiger partial charge in [-0.15, -0.1) is 0 Å². The molecule has 2 aromatic rings. The van der Waals surface area contributed by atoms with Crippen LogP contribution in [0.25, 0.3) is 0 Å². The molecule has 0 aliphatic carbocycles.